The predicted molar refractivity (Wildman–Crippen MR) is 29.8 cm³/mol. The Labute approximate surface area is 49.5 Å². The highest BCUT2D eigenvalue weighted by Crippen LogP contribution is 2.04. The molecule has 0 heterocycles. The average molecular weight is 115 g/mol. The first-order valence-electron chi connectivity index (χ1n) is 2.86. The van der Waals surface area contributed by atoms with Crippen LogP contribution in [-0.4, -0.2) is 5.97 Å². The van der Waals surface area contributed by atoms with Gasteiger partial charge in [0, 0.05) is 0 Å². The SMILES string of the molecule is CCC(C)CC([O])=O. The van der Waals surface area contributed by atoms with Gasteiger partial charge >= 0.3 is 5.97 Å². The topological polar surface area (TPSA) is 37.0 Å². The minimum atomic E-state index is -0.945. The van der Waals surface area contributed by atoms with Crippen LogP contribution in [0.4, 0.5) is 0 Å². The van der Waals surface area contributed by atoms with E-state index in [0.717, 1.165) is 6.42 Å². The van der Waals surface area contributed by atoms with Crippen LogP contribution in [0.2, 0.25) is 0 Å². The van der Waals surface area contributed by atoms with Crippen molar-refractivity contribution in [1.82, 2.24) is 0 Å². The molecule has 47 valence electrons. The standard InChI is InChI=1S/C6H11O2/c1-3-5(2)4-6(7)8/h5H,3-4H2,1-2H3. The van der Waals surface area contributed by atoms with E-state index < -0.39 is 5.97 Å². The first-order valence-corrected chi connectivity index (χ1v) is 2.86. The Bertz CT molecular complexity index is 78.6. The van der Waals surface area contributed by atoms with Gasteiger partial charge in [0.2, 0.25) is 0 Å². The molecular weight excluding hydrogens is 104 g/mol. The largest absolute Gasteiger partial charge is 0.355 e. The van der Waals surface area contributed by atoms with Crippen molar-refractivity contribution < 1.29 is 9.90 Å². The Balaban J connectivity index is 3.24. The Morgan fingerprint density at radius 3 is 2.25 bits per heavy atom. The Hall–Kier alpha value is -0.530. The second-order valence-electron chi connectivity index (χ2n) is 2.09. The van der Waals surface area contributed by atoms with Crippen molar-refractivity contribution >= 4 is 5.97 Å². The maximum absolute atomic E-state index is 9.86. The van der Waals surface area contributed by atoms with E-state index in [0.29, 0.717) is 0 Å². The minimum absolute atomic E-state index is 0.191. The summed E-state index contributed by atoms with van der Waals surface area (Å²) in [6.07, 6.45) is 1.10. The quantitative estimate of drug-likeness (QED) is 0.547. The summed E-state index contributed by atoms with van der Waals surface area (Å²) in [5.74, 6) is -0.681. The van der Waals surface area contributed by atoms with Crippen LogP contribution in [0.1, 0.15) is 26.7 Å². The van der Waals surface area contributed by atoms with E-state index in [9.17, 15) is 9.90 Å². The molecule has 0 aromatic rings. The molecule has 0 spiro atoms. The van der Waals surface area contributed by atoms with Crippen molar-refractivity contribution in [3.63, 3.8) is 0 Å². The number of rotatable bonds is 3. The second kappa shape index (κ2) is 3.47. The van der Waals surface area contributed by atoms with Crippen LogP contribution >= 0.6 is 0 Å². The van der Waals surface area contributed by atoms with Gasteiger partial charge in [0.1, 0.15) is 0 Å². The lowest BCUT2D eigenvalue weighted by atomic mass is 10.1. The van der Waals surface area contributed by atoms with Gasteiger partial charge in [-0.3, -0.25) is 0 Å². The summed E-state index contributed by atoms with van der Waals surface area (Å²) in [6.45, 7) is 3.86. The zero-order valence-electron chi connectivity index (χ0n) is 5.31. The van der Waals surface area contributed by atoms with Crippen molar-refractivity contribution in [3.05, 3.63) is 0 Å². The lowest BCUT2D eigenvalue weighted by Gasteiger charge is -1.99. The minimum Gasteiger partial charge on any atom is -0.247 e. The molecule has 1 radical (unpaired) electrons. The summed E-state index contributed by atoms with van der Waals surface area (Å²) in [5, 5.41) is 9.86. The van der Waals surface area contributed by atoms with Gasteiger partial charge in [0.15, 0.2) is 0 Å². The third kappa shape index (κ3) is 3.65. The normalized spacial score (nSPS) is 13.2. The van der Waals surface area contributed by atoms with E-state index in [1.165, 1.54) is 0 Å². The molecule has 0 aliphatic rings. The van der Waals surface area contributed by atoms with Gasteiger partial charge in [-0.2, -0.15) is 0 Å². The van der Waals surface area contributed by atoms with Gasteiger partial charge in [-0.05, 0) is 5.92 Å². The molecule has 0 aromatic heterocycles. The third-order valence-corrected chi connectivity index (χ3v) is 1.21. The van der Waals surface area contributed by atoms with Crippen LogP contribution in [-0.2, 0) is 9.90 Å². The molecule has 1 atom stereocenters. The lowest BCUT2D eigenvalue weighted by molar-refractivity contribution is -0.144. The summed E-state index contributed by atoms with van der Waals surface area (Å²) < 4.78 is 0. The van der Waals surface area contributed by atoms with Crippen LogP contribution in [0.3, 0.4) is 0 Å². The molecule has 1 unspecified atom stereocenters. The lowest BCUT2D eigenvalue weighted by Crippen LogP contribution is -2.00. The molecule has 0 aromatic carbocycles. The fourth-order valence-electron chi connectivity index (χ4n) is 0.429. The average Bonchev–Trinajstić information content (AvgIpc) is 1.65. The van der Waals surface area contributed by atoms with Crippen molar-refractivity contribution in [2.24, 2.45) is 5.92 Å². The Kier molecular flexibility index (Phi) is 3.24. The summed E-state index contributed by atoms with van der Waals surface area (Å²) in [6, 6.07) is 0. The van der Waals surface area contributed by atoms with Gasteiger partial charge in [0.25, 0.3) is 0 Å². The molecule has 0 aliphatic carbocycles. The van der Waals surface area contributed by atoms with E-state index in [1.54, 1.807) is 0 Å². The molecule has 0 N–H and O–H groups in total. The number of carbonyl (C=O) groups excluding carboxylic acids is 1. The molecule has 2 heteroatoms. The van der Waals surface area contributed by atoms with Gasteiger partial charge < -0.3 is 0 Å². The molecule has 0 amide bonds. The van der Waals surface area contributed by atoms with E-state index in [1.807, 2.05) is 13.8 Å². The van der Waals surface area contributed by atoms with Crippen LogP contribution < -0.4 is 0 Å². The number of hydrogen-bond donors (Lipinski definition) is 0. The zero-order valence-corrected chi connectivity index (χ0v) is 5.31. The summed E-state index contributed by atoms with van der Waals surface area (Å²) in [4.78, 5) is 9.86. The number of carbonyl (C=O) groups is 1. The molecule has 0 saturated carbocycles. The summed E-state index contributed by atoms with van der Waals surface area (Å²) in [7, 11) is 0. The Morgan fingerprint density at radius 2 is 2.12 bits per heavy atom. The molecule has 0 saturated heterocycles. The predicted octanol–water partition coefficient (Wildman–Crippen LogP) is 1.38. The third-order valence-electron chi connectivity index (χ3n) is 1.21. The monoisotopic (exact) mass is 115 g/mol. The highest BCUT2D eigenvalue weighted by atomic mass is 16.4. The summed E-state index contributed by atoms with van der Waals surface area (Å²) >= 11 is 0. The van der Waals surface area contributed by atoms with Gasteiger partial charge in [0.05, 0.1) is 6.42 Å². The molecule has 8 heavy (non-hydrogen) atoms. The van der Waals surface area contributed by atoms with Crippen molar-refractivity contribution in [1.29, 1.82) is 0 Å². The van der Waals surface area contributed by atoms with Crippen molar-refractivity contribution in [2.45, 2.75) is 26.7 Å². The van der Waals surface area contributed by atoms with Crippen LogP contribution in [0.25, 0.3) is 0 Å². The summed E-state index contributed by atoms with van der Waals surface area (Å²) in [5.41, 5.74) is 0. The highest BCUT2D eigenvalue weighted by molar-refractivity contribution is 5.66. The van der Waals surface area contributed by atoms with E-state index in [4.69, 9.17) is 0 Å². The van der Waals surface area contributed by atoms with Crippen LogP contribution in [0, 0.1) is 5.92 Å². The van der Waals surface area contributed by atoms with E-state index >= 15 is 0 Å². The second-order valence-corrected chi connectivity index (χ2v) is 2.09. The molecule has 0 rings (SSSR count). The molecule has 2 nitrogen and oxygen atoms in total. The first-order chi connectivity index (χ1) is 3.66. The molecular formula is C6H11O2. The molecule has 0 bridgehead atoms. The Morgan fingerprint density at radius 1 is 1.62 bits per heavy atom. The van der Waals surface area contributed by atoms with E-state index in [-0.39, 0.29) is 12.3 Å². The number of hydrogen-bond acceptors (Lipinski definition) is 1. The maximum atomic E-state index is 9.86. The highest BCUT2D eigenvalue weighted by Gasteiger charge is 2.04. The fraction of sp³-hybridized carbons (Fsp3) is 0.833. The maximum Gasteiger partial charge on any atom is 0.355 e. The van der Waals surface area contributed by atoms with Gasteiger partial charge in [-0.1, -0.05) is 20.3 Å². The fourth-order valence-corrected chi connectivity index (χ4v) is 0.429. The van der Waals surface area contributed by atoms with Crippen LogP contribution in [0.5, 0.6) is 0 Å². The van der Waals surface area contributed by atoms with Gasteiger partial charge in [-0.15, -0.1) is 0 Å². The van der Waals surface area contributed by atoms with Gasteiger partial charge in [-0.25, -0.2) is 9.90 Å². The zero-order chi connectivity index (χ0) is 6.57. The van der Waals surface area contributed by atoms with Crippen LogP contribution in [0.15, 0.2) is 0 Å². The van der Waals surface area contributed by atoms with Crippen molar-refractivity contribution in [3.8, 4) is 0 Å². The van der Waals surface area contributed by atoms with Crippen molar-refractivity contribution in [2.75, 3.05) is 0 Å². The smallest absolute Gasteiger partial charge is 0.247 e. The molecule has 0 aliphatic heterocycles. The van der Waals surface area contributed by atoms with E-state index in [2.05, 4.69) is 0 Å². The first kappa shape index (κ1) is 7.47. The molecule has 0 fully saturated rings.